The van der Waals surface area contributed by atoms with Crippen molar-refractivity contribution in [3.63, 3.8) is 0 Å². The molecule has 66 heavy (non-hydrogen) atoms. The number of aromatic nitrogens is 4. The van der Waals surface area contributed by atoms with Crippen LogP contribution in [0.2, 0.25) is 0 Å². The fraction of sp³-hybridized carbons (Fsp3) is 0.469. The van der Waals surface area contributed by atoms with E-state index in [1.165, 1.54) is 11.9 Å². The van der Waals surface area contributed by atoms with E-state index in [-0.39, 0.29) is 24.1 Å². The molecule has 14 nitrogen and oxygen atoms in total. The van der Waals surface area contributed by atoms with Gasteiger partial charge in [-0.15, -0.1) is 0 Å². The molecule has 4 aliphatic rings. The summed E-state index contributed by atoms with van der Waals surface area (Å²) in [6, 6.07) is 26.1. The lowest BCUT2D eigenvalue weighted by atomic mass is 9.77. The number of ether oxygens (including phenoxy) is 6. The third-order valence-electron chi connectivity index (χ3n) is 13.4. The third-order valence-corrected chi connectivity index (χ3v) is 19.1. The Morgan fingerprint density at radius 2 is 1.65 bits per heavy atom. The summed E-state index contributed by atoms with van der Waals surface area (Å²) in [6.07, 6.45) is 4.83. The van der Waals surface area contributed by atoms with Crippen LogP contribution < -0.4 is 9.47 Å². The number of methoxy groups -OCH3 is 3. The van der Waals surface area contributed by atoms with E-state index in [1.807, 2.05) is 78.3 Å². The van der Waals surface area contributed by atoms with Crippen molar-refractivity contribution in [1.82, 2.24) is 24.4 Å². The third kappa shape index (κ3) is 9.21. The minimum Gasteiger partial charge on any atom is -0.497 e. The summed E-state index contributed by atoms with van der Waals surface area (Å²) >= 11 is 8.19. The van der Waals surface area contributed by atoms with Gasteiger partial charge in [-0.2, -0.15) is 0 Å². The molecule has 8 atom stereocenters. The molecule has 0 amide bonds. The number of aliphatic imine (C=N–C) groups is 1. The van der Waals surface area contributed by atoms with Crippen molar-refractivity contribution in [2.24, 2.45) is 10.9 Å². The van der Waals surface area contributed by atoms with E-state index in [1.54, 1.807) is 39.0 Å². The van der Waals surface area contributed by atoms with Gasteiger partial charge in [0.25, 0.3) is 0 Å². The number of nitrogens with zero attached hydrogens (tertiary/aromatic N) is 6. The highest BCUT2D eigenvalue weighted by Gasteiger charge is 2.57. The van der Waals surface area contributed by atoms with Crippen LogP contribution in [0.25, 0.3) is 11.2 Å². The Hall–Kier alpha value is -4.22. The smallest absolute Gasteiger partial charge is 0.248 e. The normalized spacial score (nSPS) is 28.3. The van der Waals surface area contributed by atoms with Crippen LogP contribution in [-0.2, 0) is 45.4 Å². The topological polar surface area (TPSA) is 133 Å². The van der Waals surface area contributed by atoms with Crippen LogP contribution in [0.1, 0.15) is 68.9 Å². The van der Waals surface area contributed by atoms with Crippen LogP contribution in [0.4, 0.5) is 5.82 Å². The van der Waals surface area contributed by atoms with Crippen LogP contribution in [0.15, 0.2) is 109 Å². The molecule has 5 aromatic rings. The highest BCUT2D eigenvalue weighted by Crippen LogP contribution is 2.76. The first-order chi connectivity index (χ1) is 32.0. The van der Waals surface area contributed by atoms with Gasteiger partial charge in [0.05, 0.1) is 46.5 Å². The van der Waals surface area contributed by atoms with Gasteiger partial charge in [-0.05, 0) is 98.2 Å². The van der Waals surface area contributed by atoms with Crippen molar-refractivity contribution in [2.75, 3.05) is 54.7 Å². The molecule has 4 fully saturated rings. The Morgan fingerprint density at radius 3 is 2.29 bits per heavy atom. The highest BCUT2D eigenvalue weighted by atomic mass is 32.9. The average molecular weight is 955 g/mol. The van der Waals surface area contributed by atoms with E-state index >= 15 is 0 Å². The summed E-state index contributed by atoms with van der Waals surface area (Å²) in [5, 5.41) is 0. The lowest BCUT2D eigenvalue weighted by Crippen LogP contribution is -2.41. The largest absolute Gasteiger partial charge is 0.497 e. The standard InChI is InChI=1S/C49H59N6O8PS2/c1-32(2)33-23-24-48(3)40(28-33)62-64(65,66-48)63-43-39(29-60-49(34-12-9-8-10-13-34,35-15-19-37(57-6)20-16-35)36-17-21-38(58-7)22-18-36)61-47(44(43)59-27-26-56-5)55-31-52-42-45(50-30-51-46(42)55)53-41-14-11-25-54(41)4/h8-10,12-13,15-22,30-31,33,39-40,43-44,47H,1,11,14,23-29H2,2-7H3/t33-,39+,40+,43+,44+,47+,48+,64+/m0/s1. The molecule has 17 heteroatoms. The zero-order valence-electron chi connectivity index (χ0n) is 38.4. The number of likely N-dealkylation sites (tertiary alicyclic amines) is 1. The number of benzene rings is 3. The summed E-state index contributed by atoms with van der Waals surface area (Å²) in [6.45, 7) is 10.2. The Bertz CT molecular complexity index is 2520. The van der Waals surface area contributed by atoms with Crippen LogP contribution in [-0.4, -0.2) is 114 Å². The quantitative estimate of drug-likeness (QED) is 0.0379. The van der Waals surface area contributed by atoms with Crippen LogP contribution in [0.5, 0.6) is 11.5 Å². The number of allylic oxidation sites excluding steroid dienone is 1. The summed E-state index contributed by atoms with van der Waals surface area (Å²) in [7, 11) is 7.01. The average Bonchev–Trinajstić information content (AvgIpc) is 4.10. The SMILES string of the molecule is C=C(C)[C@H]1CC[C@@]2(C)S[P@@](=S)(O[C@H]3[C@@H](OCCOC)[C@H](n4cnc5c(N=C6CCCN6C)ncnc54)O[C@@H]3COC(c3ccccc3)(c3ccc(OC)cc3)c3ccc(OC)cc3)O[C@@H]2C1. The fourth-order valence-electron chi connectivity index (χ4n) is 9.67. The van der Waals surface area contributed by atoms with Crippen molar-refractivity contribution in [3.8, 4) is 11.5 Å². The molecule has 3 saturated heterocycles. The minimum atomic E-state index is -3.03. The van der Waals surface area contributed by atoms with Crippen molar-refractivity contribution < 1.29 is 37.5 Å². The number of imidazole rings is 1. The van der Waals surface area contributed by atoms with Crippen LogP contribution in [0.3, 0.4) is 0 Å². The monoisotopic (exact) mass is 954 g/mol. The van der Waals surface area contributed by atoms with Gasteiger partial charge in [-0.25, -0.2) is 19.9 Å². The Morgan fingerprint density at radius 1 is 0.955 bits per heavy atom. The number of rotatable bonds is 17. The second kappa shape index (κ2) is 19.8. The molecule has 3 aliphatic heterocycles. The molecular formula is C49H59N6O8PS2. The molecule has 0 spiro atoms. The molecule has 3 aromatic carbocycles. The zero-order valence-corrected chi connectivity index (χ0v) is 40.9. The second-order valence-electron chi connectivity index (χ2n) is 17.6. The van der Waals surface area contributed by atoms with Gasteiger partial charge in [0, 0.05) is 31.9 Å². The van der Waals surface area contributed by atoms with Gasteiger partial charge < -0.3 is 42.4 Å². The van der Waals surface area contributed by atoms with Crippen molar-refractivity contribution in [3.05, 3.63) is 120 Å². The molecule has 1 aliphatic carbocycles. The maximum Gasteiger partial charge on any atom is 0.248 e. The molecule has 2 aromatic heterocycles. The van der Waals surface area contributed by atoms with Gasteiger partial charge in [0.1, 0.15) is 47.6 Å². The first kappa shape index (κ1) is 46.9. The lowest BCUT2D eigenvalue weighted by Gasteiger charge is -2.37. The fourth-order valence-corrected chi connectivity index (χ4v) is 17.2. The summed E-state index contributed by atoms with van der Waals surface area (Å²) in [5.74, 6) is 3.26. The van der Waals surface area contributed by atoms with Crippen LogP contribution in [0, 0.1) is 5.92 Å². The number of amidine groups is 1. The van der Waals surface area contributed by atoms with Crippen molar-refractivity contribution in [2.45, 2.75) is 86.9 Å². The van der Waals surface area contributed by atoms with E-state index < -0.39 is 35.8 Å². The molecule has 0 bridgehead atoms. The summed E-state index contributed by atoms with van der Waals surface area (Å²) < 4.78 is 54.3. The summed E-state index contributed by atoms with van der Waals surface area (Å²) in [5.41, 5.74) is 0.758. The molecule has 9 rings (SSSR count). The maximum absolute atomic E-state index is 7.51. The molecule has 0 radical (unpaired) electrons. The molecule has 0 N–H and O–H groups in total. The highest BCUT2D eigenvalue weighted by molar-refractivity contribution is 8.68. The van der Waals surface area contributed by atoms with Gasteiger partial charge in [0.15, 0.2) is 23.2 Å². The Kier molecular flexibility index (Phi) is 14.1. The second-order valence-corrected chi connectivity index (χ2v) is 24.2. The van der Waals surface area contributed by atoms with E-state index in [0.717, 1.165) is 72.7 Å². The summed E-state index contributed by atoms with van der Waals surface area (Å²) in [4.78, 5) is 21.3. The van der Waals surface area contributed by atoms with E-state index in [4.69, 9.17) is 64.2 Å². The van der Waals surface area contributed by atoms with Crippen molar-refractivity contribution in [1.29, 1.82) is 0 Å². The predicted molar refractivity (Wildman–Crippen MR) is 260 cm³/mol. The Labute approximate surface area is 396 Å². The number of hydrogen-bond acceptors (Lipinski definition) is 14. The zero-order chi connectivity index (χ0) is 46.1. The van der Waals surface area contributed by atoms with Gasteiger partial charge in [-0.1, -0.05) is 78.1 Å². The van der Waals surface area contributed by atoms with Gasteiger partial charge >= 0.3 is 0 Å². The van der Waals surface area contributed by atoms with Gasteiger partial charge in [0.2, 0.25) is 5.69 Å². The number of fused-ring (bicyclic) bond motifs is 2. The maximum atomic E-state index is 7.51. The first-order valence-corrected chi connectivity index (χ1v) is 26.6. The lowest BCUT2D eigenvalue weighted by molar-refractivity contribution is -0.0965. The number of hydrogen-bond donors (Lipinski definition) is 0. The molecule has 0 unspecified atom stereocenters. The predicted octanol–water partition coefficient (Wildman–Crippen LogP) is 9.41. The molecular weight excluding hydrogens is 896 g/mol. The molecule has 1 saturated carbocycles. The molecule has 5 heterocycles. The van der Waals surface area contributed by atoms with Gasteiger partial charge in [-0.3, -0.25) is 4.57 Å². The molecule has 350 valence electrons. The minimum absolute atomic E-state index is 0.0452. The van der Waals surface area contributed by atoms with E-state index in [9.17, 15) is 0 Å². The van der Waals surface area contributed by atoms with E-state index in [0.29, 0.717) is 29.5 Å². The van der Waals surface area contributed by atoms with E-state index in [2.05, 4.69) is 42.4 Å². The first-order valence-electron chi connectivity index (χ1n) is 22.5. The van der Waals surface area contributed by atoms with Crippen molar-refractivity contribution >= 4 is 51.7 Å². The Balaban J connectivity index is 1.15. The van der Waals surface area contributed by atoms with Crippen LogP contribution >= 0.6 is 17.1 Å².